The van der Waals surface area contributed by atoms with Gasteiger partial charge in [-0.05, 0) is 11.5 Å². The van der Waals surface area contributed by atoms with E-state index < -0.39 is 0 Å². The molecule has 0 aliphatic carbocycles. The molecule has 0 unspecified atom stereocenters. The van der Waals surface area contributed by atoms with Crippen LogP contribution in [0.25, 0.3) is 10.8 Å². The Bertz CT molecular complexity index is 517. The molecule has 3 nitrogen and oxygen atoms in total. The van der Waals surface area contributed by atoms with Gasteiger partial charge in [0.25, 0.3) is 0 Å². The molecule has 0 aliphatic rings. The largest absolute Gasteiger partial charge is 0.368 e. The lowest BCUT2D eigenvalue weighted by Crippen LogP contribution is -2.30. The number of anilines is 1. The van der Waals surface area contributed by atoms with E-state index in [0.29, 0.717) is 0 Å². The van der Waals surface area contributed by atoms with Crippen LogP contribution in [0.1, 0.15) is 0 Å². The Morgan fingerprint density at radius 2 is 1.88 bits per heavy atom. The molecule has 0 saturated carbocycles. The minimum absolute atomic E-state index is 0.230. The summed E-state index contributed by atoms with van der Waals surface area (Å²) in [6.45, 7) is 0.230. The summed E-state index contributed by atoms with van der Waals surface area (Å²) in [6.07, 6.45) is 0. The van der Waals surface area contributed by atoms with Gasteiger partial charge in [-0.2, -0.15) is 0 Å². The van der Waals surface area contributed by atoms with Crippen LogP contribution in [0.5, 0.6) is 0 Å². The molecule has 2 aromatic rings. The van der Waals surface area contributed by atoms with Crippen molar-refractivity contribution in [2.24, 2.45) is 5.73 Å². The number of nitrogens with zero attached hydrogens (tertiary/aromatic N) is 1. The fraction of sp³-hybridized carbons (Fsp3) is 0.154. The molecule has 0 aliphatic heterocycles. The Labute approximate surface area is 94.5 Å². The maximum Gasteiger partial charge on any atom is 0.236 e. The quantitative estimate of drug-likeness (QED) is 0.846. The highest BCUT2D eigenvalue weighted by Gasteiger charge is 2.07. The summed E-state index contributed by atoms with van der Waals surface area (Å²) in [4.78, 5) is 12.8. The van der Waals surface area contributed by atoms with Gasteiger partial charge in [-0.25, -0.2) is 0 Å². The van der Waals surface area contributed by atoms with Crippen LogP contribution in [0.4, 0.5) is 5.69 Å². The number of hydrogen-bond donors (Lipinski definition) is 1. The number of carbonyl (C=O) groups is 1. The van der Waals surface area contributed by atoms with E-state index in [-0.39, 0.29) is 12.5 Å². The first-order valence-electron chi connectivity index (χ1n) is 5.15. The van der Waals surface area contributed by atoms with Crippen molar-refractivity contribution in [3.05, 3.63) is 42.5 Å². The molecular formula is C13H14N2O. The van der Waals surface area contributed by atoms with Gasteiger partial charge in [0.15, 0.2) is 0 Å². The molecule has 0 radical (unpaired) electrons. The van der Waals surface area contributed by atoms with Crippen LogP contribution < -0.4 is 10.6 Å². The second-order valence-corrected chi connectivity index (χ2v) is 3.82. The SMILES string of the molecule is CN(CC(N)=O)c1cccc2ccccc12. The average Bonchev–Trinajstić information content (AvgIpc) is 2.27. The Morgan fingerprint density at radius 1 is 1.19 bits per heavy atom. The van der Waals surface area contributed by atoms with Crippen LogP contribution in [0.2, 0.25) is 0 Å². The van der Waals surface area contributed by atoms with E-state index in [1.165, 1.54) is 0 Å². The van der Waals surface area contributed by atoms with Crippen LogP contribution in [-0.2, 0) is 4.79 Å². The van der Waals surface area contributed by atoms with E-state index in [4.69, 9.17) is 5.73 Å². The molecule has 0 bridgehead atoms. The number of fused-ring (bicyclic) bond motifs is 1. The average molecular weight is 214 g/mol. The van der Waals surface area contributed by atoms with Gasteiger partial charge in [0.1, 0.15) is 0 Å². The topological polar surface area (TPSA) is 46.3 Å². The van der Waals surface area contributed by atoms with Gasteiger partial charge in [-0.15, -0.1) is 0 Å². The Balaban J connectivity index is 2.47. The molecule has 0 aromatic heterocycles. The number of carbonyl (C=O) groups excluding carboxylic acids is 1. The zero-order chi connectivity index (χ0) is 11.5. The molecule has 3 heteroatoms. The van der Waals surface area contributed by atoms with E-state index in [9.17, 15) is 4.79 Å². The number of benzene rings is 2. The van der Waals surface area contributed by atoms with E-state index in [0.717, 1.165) is 16.5 Å². The monoisotopic (exact) mass is 214 g/mol. The van der Waals surface area contributed by atoms with Gasteiger partial charge >= 0.3 is 0 Å². The minimum atomic E-state index is -0.324. The number of nitrogens with two attached hydrogens (primary N) is 1. The first-order valence-corrected chi connectivity index (χ1v) is 5.15. The second-order valence-electron chi connectivity index (χ2n) is 3.82. The third-order valence-electron chi connectivity index (χ3n) is 2.57. The molecular weight excluding hydrogens is 200 g/mol. The fourth-order valence-corrected chi connectivity index (χ4v) is 1.86. The lowest BCUT2D eigenvalue weighted by atomic mass is 10.1. The van der Waals surface area contributed by atoms with Crippen molar-refractivity contribution in [2.45, 2.75) is 0 Å². The summed E-state index contributed by atoms with van der Waals surface area (Å²) in [7, 11) is 1.87. The second kappa shape index (κ2) is 4.23. The lowest BCUT2D eigenvalue weighted by Gasteiger charge is -2.19. The molecule has 0 fully saturated rings. The molecule has 2 rings (SSSR count). The van der Waals surface area contributed by atoms with Crippen molar-refractivity contribution in [3.8, 4) is 0 Å². The summed E-state index contributed by atoms with van der Waals surface area (Å²) in [5, 5.41) is 2.30. The number of rotatable bonds is 3. The molecule has 0 spiro atoms. The van der Waals surface area contributed by atoms with E-state index in [1.54, 1.807) is 0 Å². The van der Waals surface area contributed by atoms with Gasteiger partial charge in [-0.3, -0.25) is 4.79 Å². The zero-order valence-corrected chi connectivity index (χ0v) is 9.18. The Morgan fingerprint density at radius 3 is 2.62 bits per heavy atom. The van der Waals surface area contributed by atoms with Crippen LogP contribution in [-0.4, -0.2) is 19.5 Å². The maximum absolute atomic E-state index is 10.9. The predicted molar refractivity (Wildman–Crippen MR) is 66.4 cm³/mol. The van der Waals surface area contributed by atoms with Crippen LogP contribution in [0.15, 0.2) is 42.5 Å². The van der Waals surface area contributed by atoms with Crippen molar-refractivity contribution in [1.82, 2.24) is 0 Å². The minimum Gasteiger partial charge on any atom is -0.368 e. The van der Waals surface area contributed by atoms with Crippen LogP contribution in [0.3, 0.4) is 0 Å². The lowest BCUT2D eigenvalue weighted by molar-refractivity contribution is -0.116. The first-order chi connectivity index (χ1) is 7.68. The summed E-state index contributed by atoms with van der Waals surface area (Å²) in [6, 6.07) is 14.1. The number of hydrogen-bond acceptors (Lipinski definition) is 2. The van der Waals surface area contributed by atoms with Gasteiger partial charge < -0.3 is 10.6 Å². The van der Waals surface area contributed by atoms with Crippen LogP contribution >= 0.6 is 0 Å². The highest BCUT2D eigenvalue weighted by molar-refractivity contribution is 5.95. The van der Waals surface area contributed by atoms with Crippen molar-refractivity contribution < 1.29 is 4.79 Å². The highest BCUT2D eigenvalue weighted by Crippen LogP contribution is 2.25. The Hall–Kier alpha value is -2.03. The normalized spacial score (nSPS) is 10.3. The van der Waals surface area contributed by atoms with Gasteiger partial charge in [0.05, 0.1) is 6.54 Å². The summed E-state index contributed by atoms with van der Waals surface area (Å²) >= 11 is 0. The number of likely N-dealkylation sites (N-methyl/N-ethyl adjacent to an activating group) is 1. The molecule has 16 heavy (non-hydrogen) atoms. The number of primary amides is 1. The van der Waals surface area contributed by atoms with E-state index >= 15 is 0 Å². The number of amides is 1. The summed E-state index contributed by atoms with van der Waals surface area (Å²) in [5.41, 5.74) is 6.22. The maximum atomic E-state index is 10.9. The molecule has 2 N–H and O–H groups in total. The fourth-order valence-electron chi connectivity index (χ4n) is 1.86. The zero-order valence-electron chi connectivity index (χ0n) is 9.18. The third kappa shape index (κ3) is 1.98. The van der Waals surface area contributed by atoms with Crippen molar-refractivity contribution in [1.29, 1.82) is 0 Å². The van der Waals surface area contributed by atoms with E-state index in [1.807, 2.05) is 42.3 Å². The van der Waals surface area contributed by atoms with Gasteiger partial charge in [0.2, 0.25) is 5.91 Å². The standard InChI is InChI=1S/C13H14N2O/c1-15(9-13(14)16)12-8-4-6-10-5-2-3-7-11(10)12/h2-8H,9H2,1H3,(H2,14,16). The van der Waals surface area contributed by atoms with Crippen molar-refractivity contribution >= 4 is 22.4 Å². The first kappa shape index (κ1) is 10.5. The molecule has 1 amide bonds. The molecule has 0 atom stereocenters. The van der Waals surface area contributed by atoms with Crippen molar-refractivity contribution in [3.63, 3.8) is 0 Å². The predicted octanol–water partition coefficient (Wildman–Crippen LogP) is 1.76. The molecule has 2 aromatic carbocycles. The molecule has 0 saturated heterocycles. The van der Waals surface area contributed by atoms with Crippen molar-refractivity contribution in [2.75, 3.05) is 18.5 Å². The highest BCUT2D eigenvalue weighted by atomic mass is 16.1. The summed E-state index contributed by atoms with van der Waals surface area (Å²) < 4.78 is 0. The third-order valence-corrected chi connectivity index (χ3v) is 2.57. The Kier molecular flexibility index (Phi) is 2.77. The molecule has 82 valence electrons. The smallest absolute Gasteiger partial charge is 0.236 e. The van der Waals surface area contributed by atoms with E-state index in [2.05, 4.69) is 12.1 Å². The van der Waals surface area contributed by atoms with Gasteiger partial charge in [0, 0.05) is 18.1 Å². The van der Waals surface area contributed by atoms with Crippen LogP contribution in [0, 0.1) is 0 Å². The molecule has 0 heterocycles. The summed E-state index contributed by atoms with van der Waals surface area (Å²) in [5.74, 6) is -0.324. The van der Waals surface area contributed by atoms with Gasteiger partial charge in [-0.1, -0.05) is 36.4 Å².